The molecule has 9 heteroatoms. The molecular formula is C74H127NO8. The highest BCUT2D eigenvalue weighted by molar-refractivity contribution is 5.70. The SMILES string of the molecule is CC/C=C\C/C=C\C/C=C\C/C=C\C/C=C\C/C=C\CCCCCCCCCCCCC(=O)OC(COC(=O)CCCCCCCCCCCCCCCC/C=C\C/C=C\C/C=C\CCCCCCC)COC(OCC[N+](C)(C)C)C(=O)[O-]. The first-order chi connectivity index (χ1) is 40.6. The molecule has 9 nitrogen and oxygen atoms in total. The molecule has 476 valence electrons. The molecule has 0 aromatic rings. The Morgan fingerprint density at radius 3 is 1.02 bits per heavy atom. The number of ether oxygens (including phenoxy) is 4. The van der Waals surface area contributed by atoms with Crippen LogP contribution in [0.5, 0.6) is 0 Å². The molecule has 0 saturated carbocycles. The summed E-state index contributed by atoms with van der Waals surface area (Å²) in [5, 5.41) is 11.8. The van der Waals surface area contributed by atoms with E-state index in [-0.39, 0.29) is 38.6 Å². The number of carbonyl (C=O) groups excluding carboxylic acids is 3. The normalized spacial score (nSPS) is 13.4. The number of rotatable bonds is 62. The monoisotopic (exact) mass is 1160 g/mol. The van der Waals surface area contributed by atoms with E-state index in [1.807, 2.05) is 21.1 Å². The molecule has 83 heavy (non-hydrogen) atoms. The third-order valence-corrected chi connectivity index (χ3v) is 14.5. The Morgan fingerprint density at radius 2 is 0.687 bits per heavy atom. The van der Waals surface area contributed by atoms with Crippen LogP contribution >= 0.6 is 0 Å². The summed E-state index contributed by atoms with van der Waals surface area (Å²) < 4.78 is 22.8. The van der Waals surface area contributed by atoms with Gasteiger partial charge in [-0.15, -0.1) is 0 Å². The number of allylic oxidation sites excluding steroid dienone is 18. The Morgan fingerprint density at radius 1 is 0.373 bits per heavy atom. The Balaban J connectivity index is 4.17. The van der Waals surface area contributed by atoms with Crippen LogP contribution in [0.2, 0.25) is 0 Å². The van der Waals surface area contributed by atoms with Gasteiger partial charge in [-0.25, -0.2) is 0 Å². The summed E-state index contributed by atoms with van der Waals surface area (Å²) in [6.45, 7) is 4.63. The van der Waals surface area contributed by atoms with E-state index in [9.17, 15) is 19.5 Å². The van der Waals surface area contributed by atoms with Crippen LogP contribution in [-0.2, 0) is 33.3 Å². The third kappa shape index (κ3) is 65.3. The number of carboxylic acids is 1. The van der Waals surface area contributed by atoms with Crippen LogP contribution in [0.1, 0.15) is 284 Å². The van der Waals surface area contributed by atoms with Crippen LogP contribution in [0.4, 0.5) is 0 Å². The summed E-state index contributed by atoms with van der Waals surface area (Å²) in [6.07, 6.45) is 85.8. The van der Waals surface area contributed by atoms with Gasteiger partial charge < -0.3 is 33.3 Å². The molecule has 0 aromatic carbocycles. The summed E-state index contributed by atoms with van der Waals surface area (Å²) in [5.74, 6) is -2.29. The maximum absolute atomic E-state index is 12.9. The van der Waals surface area contributed by atoms with Crippen LogP contribution in [0.15, 0.2) is 109 Å². The lowest BCUT2D eigenvalue weighted by atomic mass is 10.0. The van der Waals surface area contributed by atoms with Gasteiger partial charge in [-0.05, 0) is 103 Å². The number of unbranched alkanes of at least 4 members (excludes halogenated alkanes) is 29. The van der Waals surface area contributed by atoms with E-state index in [1.165, 1.54) is 154 Å². The van der Waals surface area contributed by atoms with Gasteiger partial charge in [-0.2, -0.15) is 0 Å². The fourth-order valence-corrected chi connectivity index (χ4v) is 9.31. The molecule has 0 aliphatic carbocycles. The number of carboxylic acid groups (broad SMARTS) is 1. The number of quaternary nitrogens is 1. The highest BCUT2D eigenvalue weighted by Crippen LogP contribution is 2.17. The lowest BCUT2D eigenvalue weighted by molar-refractivity contribution is -0.870. The molecule has 0 rings (SSSR count). The maximum atomic E-state index is 12.9. The minimum atomic E-state index is -1.63. The number of hydrogen-bond acceptors (Lipinski definition) is 8. The summed E-state index contributed by atoms with van der Waals surface area (Å²) >= 11 is 0. The van der Waals surface area contributed by atoms with Gasteiger partial charge in [-0.3, -0.25) is 9.59 Å². The van der Waals surface area contributed by atoms with Crippen molar-refractivity contribution in [2.75, 3.05) is 47.5 Å². The zero-order valence-electron chi connectivity index (χ0n) is 54.3. The second kappa shape index (κ2) is 64.0. The maximum Gasteiger partial charge on any atom is 0.306 e. The van der Waals surface area contributed by atoms with Crippen molar-refractivity contribution in [2.24, 2.45) is 0 Å². The minimum absolute atomic E-state index is 0.142. The van der Waals surface area contributed by atoms with E-state index in [0.29, 0.717) is 17.4 Å². The Bertz CT molecular complexity index is 1730. The van der Waals surface area contributed by atoms with E-state index in [1.54, 1.807) is 0 Å². The number of hydrogen-bond donors (Lipinski definition) is 0. The number of likely N-dealkylation sites (N-methyl/N-ethyl adjacent to an activating group) is 1. The Labute approximate surface area is 511 Å². The van der Waals surface area contributed by atoms with Crippen molar-refractivity contribution in [2.45, 2.75) is 296 Å². The van der Waals surface area contributed by atoms with Crippen molar-refractivity contribution in [3.63, 3.8) is 0 Å². The van der Waals surface area contributed by atoms with Gasteiger partial charge in [0.1, 0.15) is 13.2 Å². The molecule has 0 N–H and O–H groups in total. The lowest BCUT2D eigenvalue weighted by Crippen LogP contribution is -2.44. The van der Waals surface area contributed by atoms with Crippen molar-refractivity contribution in [3.05, 3.63) is 109 Å². The topological polar surface area (TPSA) is 111 Å². The molecule has 2 atom stereocenters. The van der Waals surface area contributed by atoms with Gasteiger partial charge in [0.2, 0.25) is 0 Å². The van der Waals surface area contributed by atoms with Crippen molar-refractivity contribution in [3.8, 4) is 0 Å². The van der Waals surface area contributed by atoms with E-state index in [4.69, 9.17) is 18.9 Å². The molecule has 0 aromatic heterocycles. The number of nitrogens with zero attached hydrogens (tertiary/aromatic N) is 1. The van der Waals surface area contributed by atoms with Crippen LogP contribution in [0, 0.1) is 0 Å². The smallest absolute Gasteiger partial charge is 0.306 e. The molecular weight excluding hydrogens is 1030 g/mol. The summed E-state index contributed by atoms with van der Waals surface area (Å²) in [5.41, 5.74) is 0. The van der Waals surface area contributed by atoms with Crippen molar-refractivity contribution >= 4 is 17.9 Å². The van der Waals surface area contributed by atoms with Crippen LogP contribution < -0.4 is 5.11 Å². The predicted molar refractivity (Wildman–Crippen MR) is 352 cm³/mol. The molecule has 0 radical (unpaired) electrons. The van der Waals surface area contributed by atoms with E-state index in [0.717, 1.165) is 96.3 Å². The van der Waals surface area contributed by atoms with Gasteiger partial charge in [0.25, 0.3) is 0 Å². The summed E-state index contributed by atoms with van der Waals surface area (Å²) in [6, 6.07) is 0. The van der Waals surface area contributed by atoms with Crippen LogP contribution in [-0.4, -0.2) is 82.3 Å². The number of aliphatic carboxylic acids is 1. The molecule has 0 saturated heterocycles. The first kappa shape index (κ1) is 79.0. The average molecular weight is 1160 g/mol. The van der Waals surface area contributed by atoms with Gasteiger partial charge in [0.05, 0.1) is 40.3 Å². The molecule has 0 fully saturated rings. The van der Waals surface area contributed by atoms with Gasteiger partial charge in [0.15, 0.2) is 12.4 Å². The number of carbonyl (C=O) groups is 3. The van der Waals surface area contributed by atoms with Crippen molar-refractivity contribution in [1.29, 1.82) is 0 Å². The van der Waals surface area contributed by atoms with Crippen molar-refractivity contribution < 1.29 is 42.9 Å². The fourth-order valence-electron chi connectivity index (χ4n) is 9.31. The molecule has 0 bridgehead atoms. The van der Waals surface area contributed by atoms with Crippen LogP contribution in [0.25, 0.3) is 0 Å². The first-order valence-electron chi connectivity index (χ1n) is 34.0. The fraction of sp³-hybridized carbons (Fsp3) is 0.716. The highest BCUT2D eigenvalue weighted by Gasteiger charge is 2.22. The van der Waals surface area contributed by atoms with Crippen LogP contribution in [0.3, 0.4) is 0 Å². The first-order valence-corrected chi connectivity index (χ1v) is 34.0. The molecule has 2 unspecified atom stereocenters. The average Bonchev–Trinajstić information content (AvgIpc) is 3.46. The molecule has 0 aliphatic heterocycles. The lowest BCUT2D eigenvalue weighted by Gasteiger charge is -2.26. The van der Waals surface area contributed by atoms with Gasteiger partial charge in [0, 0.05) is 12.8 Å². The standard InChI is InChI=1S/C74H127NO8/c1-6-8-10-12-14-16-18-20-22-24-26-28-30-32-34-36-38-40-42-44-46-48-50-52-54-56-58-60-62-64-71(76)81-68-70(69-82-74(73(78)79)80-67-66-75(3,4)5)83-72(77)65-63-61-59-57-55-53-51-49-47-45-43-41-39-37-35-33-31-29-27-25-23-21-19-17-15-13-11-9-7-2/h9,11,15,17-18,20-21,23-24,26-27,29-30,32-33,35,39,41,70,74H,6-8,10,12-14,16,19,22,25,28,31,34,36-38,40,42-69H2,1-5H3/b11-9-,17-15-,20-18-,23-21-,26-24-,29-27-,32-30-,35-33-,41-39-. The minimum Gasteiger partial charge on any atom is -0.545 e. The molecule has 0 heterocycles. The second-order valence-electron chi connectivity index (χ2n) is 23.7. The Kier molecular flexibility index (Phi) is 60.8. The molecule has 0 spiro atoms. The molecule has 0 amide bonds. The van der Waals surface area contributed by atoms with E-state index in [2.05, 4.69) is 123 Å². The highest BCUT2D eigenvalue weighted by atomic mass is 16.7. The number of esters is 2. The van der Waals surface area contributed by atoms with Gasteiger partial charge in [-0.1, -0.05) is 277 Å². The molecule has 0 aliphatic rings. The van der Waals surface area contributed by atoms with E-state index >= 15 is 0 Å². The van der Waals surface area contributed by atoms with Gasteiger partial charge >= 0.3 is 11.9 Å². The summed E-state index contributed by atoms with van der Waals surface area (Å²) in [7, 11) is 5.93. The Hall–Kier alpha value is -4.05. The van der Waals surface area contributed by atoms with E-state index < -0.39 is 24.3 Å². The quantitative estimate of drug-likeness (QED) is 0.0195. The second-order valence-corrected chi connectivity index (χ2v) is 23.7. The van der Waals surface area contributed by atoms with Crippen molar-refractivity contribution in [1.82, 2.24) is 0 Å². The zero-order chi connectivity index (χ0) is 60.5. The zero-order valence-corrected chi connectivity index (χ0v) is 54.3. The summed E-state index contributed by atoms with van der Waals surface area (Å²) in [4.78, 5) is 37.5. The third-order valence-electron chi connectivity index (χ3n) is 14.5. The largest absolute Gasteiger partial charge is 0.545 e. The predicted octanol–water partition coefficient (Wildman–Crippen LogP) is 19.7.